The van der Waals surface area contributed by atoms with E-state index >= 15 is 0 Å². The van der Waals surface area contributed by atoms with E-state index in [1.54, 1.807) is 6.07 Å². The Morgan fingerprint density at radius 2 is 2.22 bits per heavy atom. The quantitative estimate of drug-likeness (QED) is 0.843. The summed E-state index contributed by atoms with van der Waals surface area (Å²) in [5.74, 6) is 0.559. The summed E-state index contributed by atoms with van der Waals surface area (Å²) in [6, 6.07) is 5.72. The highest BCUT2D eigenvalue weighted by atomic mass is 16.1. The molecule has 2 N–H and O–H groups in total. The summed E-state index contributed by atoms with van der Waals surface area (Å²) >= 11 is 0. The highest BCUT2D eigenvalue weighted by Crippen LogP contribution is 2.40. The molecule has 1 amide bonds. The minimum Gasteiger partial charge on any atom is -0.296 e. The molecule has 3 rings (SSSR count). The van der Waals surface area contributed by atoms with Crippen molar-refractivity contribution in [1.29, 1.82) is 0 Å². The number of nitrogens with one attached hydrogen (secondary N) is 2. The van der Waals surface area contributed by atoms with Crippen LogP contribution in [0.3, 0.4) is 0 Å². The smallest absolute Gasteiger partial charge is 0.260 e. The maximum Gasteiger partial charge on any atom is 0.260 e. The molecule has 18 heavy (non-hydrogen) atoms. The van der Waals surface area contributed by atoms with Crippen molar-refractivity contribution < 1.29 is 4.79 Å². The molecule has 0 spiro atoms. The zero-order valence-electron chi connectivity index (χ0n) is 9.99. The molecule has 0 saturated heterocycles. The van der Waals surface area contributed by atoms with Gasteiger partial charge in [0.25, 0.3) is 5.56 Å². The van der Waals surface area contributed by atoms with Gasteiger partial charge in [0.1, 0.15) is 0 Å². The number of H-pyrrole nitrogens is 1. The second-order valence-electron chi connectivity index (χ2n) is 4.65. The minimum absolute atomic E-state index is 0.202. The van der Waals surface area contributed by atoms with Crippen molar-refractivity contribution >= 4 is 22.8 Å². The SMILES string of the molecule is CC(=O)Nc1nc2cc(C3CC3)ccc2c(=O)[nH]1. The maximum atomic E-state index is 11.8. The van der Waals surface area contributed by atoms with Gasteiger partial charge in [-0.05, 0) is 36.5 Å². The predicted molar refractivity (Wildman–Crippen MR) is 68.6 cm³/mol. The number of aromatic nitrogens is 2. The normalized spacial score (nSPS) is 14.7. The first-order valence-corrected chi connectivity index (χ1v) is 5.95. The Bertz CT molecular complexity index is 686. The van der Waals surface area contributed by atoms with Gasteiger partial charge >= 0.3 is 0 Å². The van der Waals surface area contributed by atoms with Gasteiger partial charge in [0.2, 0.25) is 11.9 Å². The highest BCUT2D eigenvalue weighted by molar-refractivity contribution is 5.88. The zero-order valence-corrected chi connectivity index (χ0v) is 9.99. The van der Waals surface area contributed by atoms with Gasteiger partial charge in [-0.3, -0.25) is 19.9 Å². The Balaban J connectivity index is 2.13. The number of amides is 1. The van der Waals surface area contributed by atoms with Gasteiger partial charge in [-0.25, -0.2) is 4.98 Å². The molecule has 1 fully saturated rings. The third-order valence-electron chi connectivity index (χ3n) is 3.07. The number of benzene rings is 1. The number of rotatable bonds is 2. The molecule has 1 aromatic heterocycles. The third kappa shape index (κ3) is 1.99. The van der Waals surface area contributed by atoms with E-state index in [9.17, 15) is 9.59 Å². The lowest BCUT2D eigenvalue weighted by Crippen LogP contribution is -2.16. The number of hydrogen-bond donors (Lipinski definition) is 2. The molecule has 0 aliphatic heterocycles. The maximum absolute atomic E-state index is 11.8. The van der Waals surface area contributed by atoms with E-state index in [-0.39, 0.29) is 17.4 Å². The van der Waals surface area contributed by atoms with Gasteiger partial charge in [0.15, 0.2) is 0 Å². The fraction of sp³-hybridized carbons (Fsp3) is 0.308. The topological polar surface area (TPSA) is 74.8 Å². The monoisotopic (exact) mass is 243 g/mol. The van der Waals surface area contributed by atoms with Gasteiger partial charge < -0.3 is 0 Å². The Kier molecular flexibility index (Phi) is 2.40. The molecule has 1 aliphatic carbocycles. The van der Waals surface area contributed by atoms with Crippen LogP contribution in [-0.2, 0) is 4.79 Å². The molecule has 0 radical (unpaired) electrons. The fourth-order valence-electron chi connectivity index (χ4n) is 2.05. The Morgan fingerprint density at radius 1 is 1.44 bits per heavy atom. The molecular weight excluding hydrogens is 230 g/mol. The van der Waals surface area contributed by atoms with Crippen LogP contribution in [0.2, 0.25) is 0 Å². The minimum atomic E-state index is -0.254. The van der Waals surface area contributed by atoms with Crippen LogP contribution in [0.4, 0.5) is 5.95 Å². The third-order valence-corrected chi connectivity index (χ3v) is 3.07. The van der Waals surface area contributed by atoms with Gasteiger partial charge in [0, 0.05) is 6.92 Å². The second kappa shape index (κ2) is 3.94. The molecule has 1 heterocycles. The molecule has 5 nitrogen and oxygen atoms in total. The van der Waals surface area contributed by atoms with Gasteiger partial charge in [-0.15, -0.1) is 0 Å². The van der Waals surface area contributed by atoms with Crippen molar-refractivity contribution in [2.75, 3.05) is 5.32 Å². The van der Waals surface area contributed by atoms with Gasteiger partial charge in [-0.2, -0.15) is 0 Å². The lowest BCUT2D eigenvalue weighted by Gasteiger charge is -2.04. The Hall–Kier alpha value is -2.17. The molecule has 2 aromatic rings. The molecular formula is C13H13N3O2. The van der Waals surface area contributed by atoms with E-state index in [4.69, 9.17) is 0 Å². The summed E-state index contributed by atoms with van der Waals surface area (Å²) in [7, 11) is 0. The summed E-state index contributed by atoms with van der Waals surface area (Å²) in [6.45, 7) is 1.38. The van der Waals surface area contributed by atoms with Crippen molar-refractivity contribution in [2.24, 2.45) is 0 Å². The number of fused-ring (bicyclic) bond motifs is 1. The van der Waals surface area contributed by atoms with Crippen LogP contribution in [0.15, 0.2) is 23.0 Å². The average molecular weight is 243 g/mol. The first-order valence-electron chi connectivity index (χ1n) is 5.95. The van der Waals surface area contributed by atoms with Crippen molar-refractivity contribution in [2.45, 2.75) is 25.7 Å². The van der Waals surface area contributed by atoms with E-state index < -0.39 is 0 Å². The molecule has 0 unspecified atom stereocenters. The van der Waals surface area contributed by atoms with Crippen LogP contribution in [-0.4, -0.2) is 15.9 Å². The Morgan fingerprint density at radius 3 is 2.89 bits per heavy atom. The van der Waals surface area contributed by atoms with Crippen LogP contribution < -0.4 is 10.9 Å². The van der Waals surface area contributed by atoms with Gasteiger partial charge in [0.05, 0.1) is 10.9 Å². The van der Waals surface area contributed by atoms with E-state index in [1.165, 1.54) is 25.3 Å². The highest BCUT2D eigenvalue weighted by Gasteiger charge is 2.23. The summed E-state index contributed by atoms with van der Waals surface area (Å²) in [5, 5.41) is 3.05. The van der Waals surface area contributed by atoms with Crippen LogP contribution in [0.1, 0.15) is 31.2 Å². The molecule has 0 bridgehead atoms. The largest absolute Gasteiger partial charge is 0.296 e. The Labute approximate surface area is 103 Å². The first-order chi connectivity index (χ1) is 8.63. The molecule has 92 valence electrons. The van der Waals surface area contributed by atoms with Crippen molar-refractivity contribution in [3.63, 3.8) is 0 Å². The van der Waals surface area contributed by atoms with Crippen molar-refractivity contribution in [3.8, 4) is 0 Å². The lowest BCUT2D eigenvalue weighted by atomic mass is 10.1. The van der Waals surface area contributed by atoms with Crippen LogP contribution in [0.25, 0.3) is 10.9 Å². The standard InChI is InChI=1S/C13H13N3O2/c1-7(17)14-13-15-11-6-9(8-2-3-8)4-5-10(11)12(18)16-13/h4-6,8H,2-3H2,1H3,(H2,14,15,16,17,18). The second-order valence-corrected chi connectivity index (χ2v) is 4.65. The summed E-state index contributed by atoms with van der Waals surface area (Å²) in [6.07, 6.45) is 2.40. The molecule has 1 aromatic carbocycles. The summed E-state index contributed by atoms with van der Waals surface area (Å²) in [5.41, 5.74) is 1.62. The van der Waals surface area contributed by atoms with Crippen LogP contribution >= 0.6 is 0 Å². The molecule has 1 aliphatic rings. The fourth-order valence-corrected chi connectivity index (χ4v) is 2.05. The average Bonchev–Trinajstić information content (AvgIpc) is 3.11. The van der Waals surface area contributed by atoms with Crippen LogP contribution in [0, 0.1) is 0 Å². The van der Waals surface area contributed by atoms with E-state index in [2.05, 4.69) is 15.3 Å². The molecule has 1 saturated carbocycles. The number of aromatic amines is 1. The number of carbonyl (C=O) groups excluding carboxylic acids is 1. The van der Waals surface area contributed by atoms with Crippen molar-refractivity contribution in [3.05, 3.63) is 34.1 Å². The lowest BCUT2D eigenvalue weighted by molar-refractivity contribution is -0.114. The summed E-state index contributed by atoms with van der Waals surface area (Å²) < 4.78 is 0. The molecule has 5 heteroatoms. The zero-order chi connectivity index (χ0) is 12.7. The van der Waals surface area contributed by atoms with E-state index in [1.807, 2.05) is 12.1 Å². The van der Waals surface area contributed by atoms with E-state index in [0.717, 1.165) is 0 Å². The predicted octanol–water partition coefficient (Wildman–Crippen LogP) is 1.76. The van der Waals surface area contributed by atoms with Crippen molar-refractivity contribution in [1.82, 2.24) is 9.97 Å². The first kappa shape index (κ1) is 11.0. The molecule has 0 atom stereocenters. The summed E-state index contributed by atoms with van der Waals surface area (Å²) in [4.78, 5) is 29.6. The number of carbonyl (C=O) groups is 1. The number of nitrogens with zero attached hydrogens (tertiary/aromatic N) is 1. The number of anilines is 1. The van der Waals surface area contributed by atoms with Crippen LogP contribution in [0.5, 0.6) is 0 Å². The van der Waals surface area contributed by atoms with Gasteiger partial charge in [-0.1, -0.05) is 6.07 Å². The number of hydrogen-bond acceptors (Lipinski definition) is 3. The van der Waals surface area contributed by atoms with E-state index in [0.29, 0.717) is 16.8 Å².